The van der Waals surface area contributed by atoms with E-state index in [4.69, 9.17) is 16.3 Å². The quantitative estimate of drug-likeness (QED) is 0.715. The third-order valence-electron chi connectivity index (χ3n) is 3.08. The van der Waals surface area contributed by atoms with Gasteiger partial charge in [0, 0.05) is 18.0 Å². The number of fused-ring (bicyclic) bond motifs is 1. The van der Waals surface area contributed by atoms with Crippen molar-refractivity contribution in [2.45, 2.75) is 0 Å². The van der Waals surface area contributed by atoms with E-state index in [-0.39, 0.29) is 11.3 Å². The number of methoxy groups -OCH3 is 1. The summed E-state index contributed by atoms with van der Waals surface area (Å²) >= 11 is 5.96. The molecule has 3 nitrogen and oxygen atoms in total. The predicted molar refractivity (Wildman–Crippen MR) is 72.1 cm³/mol. The molecule has 0 aliphatic heterocycles. The SMILES string of the molecule is COc1ccc(-c2ccc3c(Cl)nccn23)c(F)c1F. The first-order valence-electron chi connectivity index (χ1n) is 5.77. The van der Waals surface area contributed by atoms with Crippen LogP contribution in [0, 0.1) is 11.6 Å². The second-order valence-electron chi connectivity index (χ2n) is 4.14. The van der Waals surface area contributed by atoms with Gasteiger partial charge in [-0.05, 0) is 24.3 Å². The van der Waals surface area contributed by atoms with Gasteiger partial charge in [-0.1, -0.05) is 11.6 Å². The van der Waals surface area contributed by atoms with E-state index in [0.717, 1.165) is 0 Å². The molecular weight excluding hydrogens is 286 g/mol. The molecule has 1 aromatic carbocycles. The first kappa shape index (κ1) is 12.9. The lowest BCUT2D eigenvalue weighted by atomic mass is 10.1. The van der Waals surface area contributed by atoms with Gasteiger partial charge in [-0.2, -0.15) is 4.39 Å². The van der Waals surface area contributed by atoms with E-state index < -0.39 is 11.6 Å². The van der Waals surface area contributed by atoms with E-state index in [1.165, 1.54) is 25.4 Å². The topological polar surface area (TPSA) is 26.5 Å². The fourth-order valence-corrected chi connectivity index (χ4v) is 2.33. The summed E-state index contributed by atoms with van der Waals surface area (Å²) < 4.78 is 34.3. The van der Waals surface area contributed by atoms with Gasteiger partial charge in [-0.25, -0.2) is 9.37 Å². The molecular formula is C14H9ClF2N2O. The Bertz CT molecular complexity index is 801. The number of hydrogen-bond donors (Lipinski definition) is 0. The predicted octanol–water partition coefficient (Wildman–Crippen LogP) is 3.94. The maximum Gasteiger partial charge on any atom is 0.201 e. The molecule has 0 amide bonds. The second-order valence-corrected chi connectivity index (χ2v) is 4.49. The summed E-state index contributed by atoms with van der Waals surface area (Å²) in [4.78, 5) is 3.94. The lowest BCUT2D eigenvalue weighted by Gasteiger charge is -2.08. The molecule has 6 heteroatoms. The van der Waals surface area contributed by atoms with E-state index >= 15 is 0 Å². The number of nitrogens with zero attached hydrogens (tertiary/aromatic N) is 2. The van der Waals surface area contributed by atoms with Gasteiger partial charge >= 0.3 is 0 Å². The molecule has 2 aromatic heterocycles. The normalized spacial score (nSPS) is 11.0. The van der Waals surface area contributed by atoms with Crippen molar-refractivity contribution in [3.05, 3.63) is 53.4 Å². The summed E-state index contributed by atoms with van der Waals surface area (Å²) in [5, 5.41) is 0.299. The van der Waals surface area contributed by atoms with Crippen LogP contribution < -0.4 is 4.74 Å². The van der Waals surface area contributed by atoms with Crippen molar-refractivity contribution in [3.8, 4) is 17.0 Å². The fraction of sp³-hybridized carbons (Fsp3) is 0.0714. The Hall–Kier alpha value is -2.14. The molecule has 0 saturated heterocycles. The van der Waals surface area contributed by atoms with Crippen molar-refractivity contribution in [1.29, 1.82) is 0 Å². The molecule has 2 heterocycles. The highest BCUT2D eigenvalue weighted by molar-refractivity contribution is 6.32. The lowest BCUT2D eigenvalue weighted by Crippen LogP contribution is -1.97. The van der Waals surface area contributed by atoms with E-state index in [0.29, 0.717) is 16.4 Å². The van der Waals surface area contributed by atoms with Gasteiger partial charge in [-0.3, -0.25) is 0 Å². The highest BCUT2D eigenvalue weighted by Crippen LogP contribution is 2.31. The van der Waals surface area contributed by atoms with Gasteiger partial charge < -0.3 is 9.14 Å². The van der Waals surface area contributed by atoms with Gasteiger partial charge in [0.25, 0.3) is 0 Å². The molecule has 102 valence electrons. The molecule has 0 saturated carbocycles. The number of hydrogen-bond acceptors (Lipinski definition) is 2. The van der Waals surface area contributed by atoms with Crippen molar-refractivity contribution < 1.29 is 13.5 Å². The average Bonchev–Trinajstić information content (AvgIpc) is 2.87. The zero-order valence-corrected chi connectivity index (χ0v) is 11.2. The van der Waals surface area contributed by atoms with Crippen LogP contribution in [0.15, 0.2) is 36.7 Å². The fourth-order valence-electron chi connectivity index (χ4n) is 2.12. The van der Waals surface area contributed by atoms with Gasteiger partial charge in [0.15, 0.2) is 16.7 Å². The van der Waals surface area contributed by atoms with E-state index in [1.54, 1.807) is 22.7 Å². The molecule has 0 bridgehead atoms. The van der Waals surface area contributed by atoms with Gasteiger partial charge in [0.2, 0.25) is 5.82 Å². The number of rotatable bonds is 2. The van der Waals surface area contributed by atoms with Crippen molar-refractivity contribution in [2.24, 2.45) is 0 Å². The highest BCUT2D eigenvalue weighted by atomic mass is 35.5. The summed E-state index contributed by atoms with van der Waals surface area (Å²) in [7, 11) is 1.29. The lowest BCUT2D eigenvalue weighted by molar-refractivity contribution is 0.372. The third-order valence-corrected chi connectivity index (χ3v) is 3.37. The number of halogens is 3. The minimum Gasteiger partial charge on any atom is -0.494 e. The van der Waals surface area contributed by atoms with Crippen molar-refractivity contribution in [1.82, 2.24) is 9.38 Å². The Morgan fingerprint density at radius 2 is 1.95 bits per heavy atom. The Morgan fingerprint density at radius 1 is 1.15 bits per heavy atom. The number of aromatic nitrogens is 2. The standard InChI is InChI=1S/C14H9ClF2N2O/c1-20-11-5-2-8(12(16)13(11)17)9-3-4-10-14(15)18-6-7-19(9)10/h2-7H,1H3. The summed E-state index contributed by atoms with van der Waals surface area (Å²) in [6.45, 7) is 0. The maximum absolute atomic E-state index is 14.1. The molecule has 0 fully saturated rings. The van der Waals surface area contributed by atoms with Crippen LogP contribution >= 0.6 is 11.6 Å². The number of ether oxygens (including phenoxy) is 1. The molecule has 0 aliphatic rings. The Morgan fingerprint density at radius 3 is 2.70 bits per heavy atom. The maximum atomic E-state index is 14.1. The molecule has 0 radical (unpaired) electrons. The molecule has 3 rings (SSSR count). The summed E-state index contributed by atoms with van der Waals surface area (Å²) in [5.74, 6) is -2.11. The van der Waals surface area contributed by atoms with Crippen LogP contribution in [-0.4, -0.2) is 16.5 Å². The molecule has 0 atom stereocenters. The molecule has 3 aromatic rings. The Labute approximate surface area is 118 Å². The smallest absolute Gasteiger partial charge is 0.201 e. The van der Waals surface area contributed by atoms with Crippen molar-refractivity contribution >= 4 is 17.1 Å². The van der Waals surface area contributed by atoms with E-state index in [1.807, 2.05) is 0 Å². The largest absolute Gasteiger partial charge is 0.494 e. The minimum absolute atomic E-state index is 0.130. The average molecular weight is 295 g/mol. The van der Waals surface area contributed by atoms with Crippen LogP contribution in [0.25, 0.3) is 16.8 Å². The molecule has 0 unspecified atom stereocenters. The van der Waals surface area contributed by atoms with Crippen LogP contribution in [0.3, 0.4) is 0 Å². The van der Waals surface area contributed by atoms with Crippen molar-refractivity contribution in [2.75, 3.05) is 7.11 Å². The van der Waals surface area contributed by atoms with Crippen LogP contribution in [0.1, 0.15) is 0 Å². The second kappa shape index (κ2) is 4.76. The summed E-state index contributed by atoms with van der Waals surface area (Å²) in [6, 6.07) is 6.21. The first-order chi connectivity index (χ1) is 9.63. The molecule has 0 aliphatic carbocycles. The Balaban J connectivity index is 2.27. The van der Waals surface area contributed by atoms with E-state index in [2.05, 4.69) is 4.98 Å². The Kier molecular flexibility index (Phi) is 3.06. The van der Waals surface area contributed by atoms with E-state index in [9.17, 15) is 8.78 Å². The van der Waals surface area contributed by atoms with Gasteiger partial charge in [0.1, 0.15) is 0 Å². The van der Waals surface area contributed by atoms with Crippen LogP contribution in [0.2, 0.25) is 5.15 Å². The monoisotopic (exact) mass is 294 g/mol. The van der Waals surface area contributed by atoms with Crippen molar-refractivity contribution in [3.63, 3.8) is 0 Å². The zero-order chi connectivity index (χ0) is 14.3. The van der Waals surface area contributed by atoms with Gasteiger partial charge in [0.05, 0.1) is 18.3 Å². The van der Waals surface area contributed by atoms with Gasteiger partial charge in [-0.15, -0.1) is 0 Å². The first-order valence-corrected chi connectivity index (χ1v) is 6.15. The highest BCUT2D eigenvalue weighted by Gasteiger charge is 2.17. The number of benzene rings is 1. The molecule has 0 spiro atoms. The van der Waals surface area contributed by atoms with Crippen LogP contribution in [0.5, 0.6) is 5.75 Å². The third kappa shape index (κ3) is 1.82. The van der Waals surface area contributed by atoms with Crippen LogP contribution in [-0.2, 0) is 0 Å². The summed E-state index contributed by atoms with van der Waals surface area (Å²) in [5.41, 5.74) is 1.24. The molecule has 0 N–H and O–H groups in total. The molecule has 20 heavy (non-hydrogen) atoms. The van der Waals surface area contributed by atoms with Crippen LogP contribution in [0.4, 0.5) is 8.78 Å². The summed E-state index contributed by atoms with van der Waals surface area (Å²) in [6.07, 6.45) is 3.13. The zero-order valence-electron chi connectivity index (χ0n) is 10.4. The minimum atomic E-state index is -1.01.